The summed E-state index contributed by atoms with van der Waals surface area (Å²) in [5, 5.41) is 0. The number of primary amides is 1. The molecule has 6 nitrogen and oxygen atoms in total. The molecule has 1 aliphatic carbocycles. The van der Waals surface area contributed by atoms with Crippen molar-refractivity contribution in [3.8, 4) is 5.88 Å². The Bertz CT molecular complexity index is 656. The Morgan fingerprint density at radius 2 is 2.25 bits per heavy atom. The van der Waals surface area contributed by atoms with Crippen molar-refractivity contribution < 1.29 is 9.53 Å². The van der Waals surface area contributed by atoms with E-state index in [1.54, 1.807) is 18.5 Å². The zero-order valence-corrected chi connectivity index (χ0v) is 11.0. The van der Waals surface area contributed by atoms with Crippen LogP contribution in [0.5, 0.6) is 5.88 Å². The van der Waals surface area contributed by atoms with E-state index in [0.717, 1.165) is 18.4 Å². The number of carbonyl (C=O) groups is 1. The fraction of sp³-hybridized carbons (Fsp3) is 0.357. The largest absolute Gasteiger partial charge is 0.473 e. The van der Waals surface area contributed by atoms with Gasteiger partial charge in [0.2, 0.25) is 11.8 Å². The molecular formula is C14H16N4O2. The topological polar surface area (TPSA) is 93.9 Å². The van der Waals surface area contributed by atoms with E-state index in [2.05, 4.69) is 15.0 Å². The second kappa shape index (κ2) is 5.32. The van der Waals surface area contributed by atoms with Crippen LogP contribution in [0.4, 0.5) is 0 Å². The van der Waals surface area contributed by atoms with Gasteiger partial charge in [0.05, 0.1) is 6.20 Å². The number of nitrogens with zero attached hydrogens (tertiary/aromatic N) is 2. The molecule has 0 spiro atoms. The molecule has 0 bridgehead atoms. The number of ether oxygens (including phenoxy) is 1. The summed E-state index contributed by atoms with van der Waals surface area (Å²) in [5.74, 6) is 0.0309. The van der Waals surface area contributed by atoms with Crippen LogP contribution in [0.15, 0.2) is 18.5 Å². The molecule has 20 heavy (non-hydrogen) atoms. The summed E-state index contributed by atoms with van der Waals surface area (Å²) >= 11 is 0. The number of rotatable bonds is 4. The van der Waals surface area contributed by atoms with Crippen molar-refractivity contribution in [2.24, 2.45) is 5.73 Å². The number of nitrogens with two attached hydrogens (primary N) is 1. The first-order valence-corrected chi connectivity index (χ1v) is 6.70. The summed E-state index contributed by atoms with van der Waals surface area (Å²) < 4.78 is 5.83. The van der Waals surface area contributed by atoms with Crippen LogP contribution in [0.25, 0.3) is 17.2 Å². The van der Waals surface area contributed by atoms with Crippen molar-refractivity contribution in [3.05, 3.63) is 24.0 Å². The van der Waals surface area contributed by atoms with E-state index in [4.69, 9.17) is 10.5 Å². The maximum atomic E-state index is 10.8. The minimum Gasteiger partial charge on any atom is -0.473 e. The lowest BCUT2D eigenvalue weighted by atomic mass is 10.2. The van der Waals surface area contributed by atoms with Crippen LogP contribution in [-0.2, 0) is 4.79 Å². The summed E-state index contributed by atoms with van der Waals surface area (Å²) in [4.78, 5) is 22.5. The first-order valence-electron chi connectivity index (χ1n) is 6.70. The highest BCUT2D eigenvalue weighted by molar-refractivity contribution is 5.93. The summed E-state index contributed by atoms with van der Waals surface area (Å²) in [7, 11) is 0. The lowest BCUT2D eigenvalue weighted by Crippen LogP contribution is -2.12. The minimum absolute atomic E-state index is 0.241. The number of hydrogen-bond donors (Lipinski definition) is 2. The smallest absolute Gasteiger partial charge is 0.241 e. The van der Waals surface area contributed by atoms with E-state index in [0.29, 0.717) is 17.0 Å². The molecule has 1 aliphatic rings. The zero-order chi connectivity index (χ0) is 13.9. The third kappa shape index (κ3) is 2.64. The maximum absolute atomic E-state index is 10.8. The first kappa shape index (κ1) is 12.7. The van der Waals surface area contributed by atoms with Crippen molar-refractivity contribution in [1.82, 2.24) is 15.0 Å². The Hall–Kier alpha value is -2.37. The SMILES string of the molecule is NC(=O)C=Cc1c[nH]c2ncc(OC3CCCC3)nc12. The number of H-pyrrole nitrogens is 1. The second-order valence-electron chi connectivity index (χ2n) is 4.91. The van der Waals surface area contributed by atoms with Gasteiger partial charge in [0.15, 0.2) is 5.65 Å². The van der Waals surface area contributed by atoms with E-state index in [9.17, 15) is 4.79 Å². The molecule has 3 rings (SSSR count). The average Bonchev–Trinajstić information content (AvgIpc) is 3.05. The van der Waals surface area contributed by atoms with Gasteiger partial charge in [-0.25, -0.2) is 9.97 Å². The van der Waals surface area contributed by atoms with Crippen molar-refractivity contribution in [2.75, 3.05) is 0 Å². The van der Waals surface area contributed by atoms with Gasteiger partial charge in [-0.3, -0.25) is 4.79 Å². The third-order valence-electron chi connectivity index (χ3n) is 3.40. The Balaban J connectivity index is 1.88. The quantitative estimate of drug-likeness (QED) is 0.829. The van der Waals surface area contributed by atoms with Gasteiger partial charge in [-0.05, 0) is 31.8 Å². The Labute approximate surface area is 116 Å². The molecule has 2 aromatic heterocycles. The highest BCUT2D eigenvalue weighted by Crippen LogP contribution is 2.24. The molecule has 1 amide bonds. The van der Waals surface area contributed by atoms with E-state index in [1.807, 2.05) is 0 Å². The molecule has 0 saturated heterocycles. The number of aromatic amines is 1. The highest BCUT2D eigenvalue weighted by atomic mass is 16.5. The van der Waals surface area contributed by atoms with Gasteiger partial charge in [0.1, 0.15) is 11.6 Å². The molecular weight excluding hydrogens is 256 g/mol. The average molecular weight is 272 g/mol. The predicted octanol–water partition coefficient (Wildman–Crippen LogP) is 1.78. The maximum Gasteiger partial charge on any atom is 0.241 e. The molecule has 6 heteroatoms. The molecule has 0 unspecified atom stereocenters. The van der Waals surface area contributed by atoms with E-state index < -0.39 is 5.91 Å². The zero-order valence-electron chi connectivity index (χ0n) is 11.0. The summed E-state index contributed by atoms with van der Waals surface area (Å²) in [6, 6.07) is 0. The van der Waals surface area contributed by atoms with Gasteiger partial charge in [-0.1, -0.05) is 0 Å². The van der Waals surface area contributed by atoms with Crippen LogP contribution >= 0.6 is 0 Å². The van der Waals surface area contributed by atoms with Crippen molar-refractivity contribution >= 4 is 23.1 Å². The molecule has 3 N–H and O–H groups in total. The molecule has 2 heterocycles. The van der Waals surface area contributed by atoms with E-state index in [-0.39, 0.29) is 6.10 Å². The minimum atomic E-state index is -0.495. The van der Waals surface area contributed by atoms with Crippen molar-refractivity contribution in [3.63, 3.8) is 0 Å². The lowest BCUT2D eigenvalue weighted by molar-refractivity contribution is -0.113. The van der Waals surface area contributed by atoms with Crippen LogP contribution in [-0.4, -0.2) is 27.0 Å². The third-order valence-corrected chi connectivity index (χ3v) is 3.40. The van der Waals surface area contributed by atoms with Gasteiger partial charge in [-0.15, -0.1) is 0 Å². The number of fused-ring (bicyclic) bond motifs is 1. The molecule has 1 fully saturated rings. The van der Waals surface area contributed by atoms with Gasteiger partial charge in [0.25, 0.3) is 0 Å². The van der Waals surface area contributed by atoms with Gasteiger partial charge in [-0.2, -0.15) is 0 Å². The fourth-order valence-corrected chi connectivity index (χ4v) is 2.43. The van der Waals surface area contributed by atoms with Gasteiger partial charge >= 0.3 is 0 Å². The molecule has 0 radical (unpaired) electrons. The number of hydrogen-bond acceptors (Lipinski definition) is 4. The monoisotopic (exact) mass is 272 g/mol. The van der Waals surface area contributed by atoms with Crippen molar-refractivity contribution in [2.45, 2.75) is 31.8 Å². The molecule has 0 aliphatic heterocycles. The number of nitrogens with one attached hydrogen (secondary N) is 1. The van der Waals surface area contributed by atoms with Crippen molar-refractivity contribution in [1.29, 1.82) is 0 Å². The van der Waals surface area contributed by atoms with E-state index >= 15 is 0 Å². The van der Waals surface area contributed by atoms with E-state index in [1.165, 1.54) is 18.9 Å². The predicted molar refractivity (Wildman–Crippen MR) is 75.0 cm³/mol. The van der Waals surface area contributed by atoms with Crippen LogP contribution < -0.4 is 10.5 Å². The van der Waals surface area contributed by atoms with Crippen LogP contribution in [0.2, 0.25) is 0 Å². The van der Waals surface area contributed by atoms with Crippen LogP contribution in [0.3, 0.4) is 0 Å². The van der Waals surface area contributed by atoms with Gasteiger partial charge < -0.3 is 15.5 Å². The molecule has 1 saturated carbocycles. The lowest BCUT2D eigenvalue weighted by Gasteiger charge is -2.11. The molecule has 0 aromatic carbocycles. The number of aromatic nitrogens is 3. The van der Waals surface area contributed by atoms with Crippen LogP contribution in [0.1, 0.15) is 31.2 Å². The molecule has 2 aromatic rings. The fourth-order valence-electron chi connectivity index (χ4n) is 2.43. The van der Waals surface area contributed by atoms with Crippen LogP contribution in [0, 0.1) is 0 Å². The number of carbonyl (C=O) groups excluding carboxylic acids is 1. The summed E-state index contributed by atoms with van der Waals surface area (Å²) in [5.41, 5.74) is 7.20. The Kier molecular flexibility index (Phi) is 3.37. The highest BCUT2D eigenvalue weighted by Gasteiger charge is 2.17. The first-order chi connectivity index (χ1) is 9.72. The molecule has 104 valence electrons. The standard InChI is InChI=1S/C14H16N4O2/c15-11(19)6-5-9-7-16-14-13(9)18-12(8-17-14)20-10-3-1-2-4-10/h5-8,10H,1-4H2,(H2,15,19)(H,16,17). The summed E-state index contributed by atoms with van der Waals surface area (Å²) in [6.07, 6.45) is 11.1. The Morgan fingerprint density at radius 1 is 1.45 bits per heavy atom. The normalized spacial score (nSPS) is 16.2. The second-order valence-corrected chi connectivity index (χ2v) is 4.91. The Morgan fingerprint density at radius 3 is 3.00 bits per heavy atom. The number of amides is 1. The van der Waals surface area contributed by atoms with Gasteiger partial charge in [0, 0.05) is 17.8 Å². The summed E-state index contributed by atoms with van der Waals surface area (Å²) in [6.45, 7) is 0. The molecule has 0 atom stereocenters.